The zero-order valence-electron chi connectivity index (χ0n) is 17.7. The Hall–Kier alpha value is -3.04. The molecule has 0 saturated carbocycles. The molecule has 2 aromatic carbocycles. The first-order chi connectivity index (χ1) is 15.3. The van der Waals surface area contributed by atoms with Gasteiger partial charge in [-0.2, -0.15) is 0 Å². The van der Waals surface area contributed by atoms with E-state index in [1.165, 1.54) is 15.6 Å². The van der Waals surface area contributed by atoms with Gasteiger partial charge in [0, 0.05) is 23.1 Å². The average molecular weight is 471 g/mol. The second-order valence-corrected chi connectivity index (χ2v) is 10.5. The number of esters is 1. The molecule has 0 atom stereocenters. The molecule has 0 unspecified atom stereocenters. The molecule has 0 saturated heterocycles. The number of aryl methyl sites for hydroxylation is 1. The number of nitrogens with zero attached hydrogens (tertiary/aromatic N) is 2. The summed E-state index contributed by atoms with van der Waals surface area (Å²) in [5, 5.41) is 2.31. The van der Waals surface area contributed by atoms with E-state index in [1.807, 2.05) is 31.2 Å². The molecular weight excluding hydrogens is 448 g/mol. The zero-order valence-corrected chi connectivity index (χ0v) is 19.3. The molecule has 0 bridgehead atoms. The van der Waals surface area contributed by atoms with Crippen LogP contribution in [-0.4, -0.2) is 44.1 Å². The summed E-state index contributed by atoms with van der Waals surface area (Å²) in [5.41, 5.74) is 3.98. The fourth-order valence-electron chi connectivity index (χ4n) is 3.47. The highest BCUT2D eigenvalue weighted by atomic mass is 32.2. The van der Waals surface area contributed by atoms with Gasteiger partial charge in [0.05, 0.1) is 11.4 Å². The Morgan fingerprint density at radius 1 is 1.16 bits per heavy atom. The molecule has 0 N–H and O–H groups in total. The summed E-state index contributed by atoms with van der Waals surface area (Å²) in [6.45, 7) is 3.55. The molecule has 1 aliphatic rings. The van der Waals surface area contributed by atoms with E-state index in [4.69, 9.17) is 4.74 Å². The maximum Gasteiger partial charge on any atom is 0.358 e. The number of carbonyl (C=O) groups excluding carboxylic acids is 2. The van der Waals surface area contributed by atoms with Gasteiger partial charge in [0.15, 0.2) is 18.1 Å². The lowest BCUT2D eigenvalue weighted by Crippen LogP contribution is -2.30. The molecule has 0 radical (unpaired) electrons. The predicted molar refractivity (Wildman–Crippen MR) is 124 cm³/mol. The number of anilines is 1. The molecule has 9 heteroatoms. The van der Waals surface area contributed by atoms with Crippen LogP contribution in [0, 0.1) is 6.92 Å². The van der Waals surface area contributed by atoms with Crippen LogP contribution in [0.2, 0.25) is 0 Å². The Morgan fingerprint density at radius 3 is 2.62 bits per heavy atom. The molecule has 1 aliphatic heterocycles. The lowest BCUT2D eigenvalue weighted by Gasteiger charge is -2.18. The number of rotatable bonds is 7. The van der Waals surface area contributed by atoms with Crippen LogP contribution in [0.3, 0.4) is 0 Å². The molecule has 0 fully saturated rings. The second kappa shape index (κ2) is 8.84. The molecule has 0 aliphatic carbocycles. The van der Waals surface area contributed by atoms with Crippen LogP contribution in [0.15, 0.2) is 47.8 Å². The van der Waals surface area contributed by atoms with Gasteiger partial charge < -0.3 is 4.74 Å². The third kappa shape index (κ3) is 4.44. The molecule has 3 aromatic rings. The normalized spacial score (nSPS) is 13.1. The van der Waals surface area contributed by atoms with Crippen molar-refractivity contribution in [3.63, 3.8) is 0 Å². The van der Waals surface area contributed by atoms with Crippen LogP contribution >= 0.6 is 11.3 Å². The number of hydrogen-bond acceptors (Lipinski definition) is 7. The van der Waals surface area contributed by atoms with Gasteiger partial charge in [0.2, 0.25) is 10.0 Å². The average Bonchev–Trinajstić information content (AvgIpc) is 3.45. The van der Waals surface area contributed by atoms with Crippen LogP contribution in [0.4, 0.5) is 5.69 Å². The van der Waals surface area contributed by atoms with Gasteiger partial charge in [0.25, 0.3) is 0 Å². The highest BCUT2D eigenvalue weighted by Gasteiger charge is 2.28. The molecule has 1 aromatic heterocycles. The smallest absolute Gasteiger partial charge is 0.358 e. The number of Topliss-reactive ketones (excluding diaryl/α,β-unsaturated/α-hetero) is 1. The van der Waals surface area contributed by atoms with E-state index in [-0.39, 0.29) is 17.2 Å². The van der Waals surface area contributed by atoms with Gasteiger partial charge in [-0.3, -0.25) is 9.10 Å². The van der Waals surface area contributed by atoms with Crippen LogP contribution in [0.1, 0.15) is 38.9 Å². The molecule has 166 valence electrons. The van der Waals surface area contributed by atoms with Gasteiger partial charge >= 0.3 is 5.97 Å². The first-order valence-corrected chi connectivity index (χ1v) is 12.6. The number of benzene rings is 2. The Kier molecular flexibility index (Phi) is 6.12. The lowest BCUT2D eigenvalue weighted by atomic mass is 10.1. The second-order valence-electron chi connectivity index (χ2n) is 7.47. The van der Waals surface area contributed by atoms with Gasteiger partial charge in [-0.1, -0.05) is 29.8 Å². The van der Waals surface area contributed by atoms with E-state index in [9.17, 15) is 18.0 Å². The minimum atomic E-state index is -3.34. The summed E-state index contributed by atoms with van der Waals surface area (Å²) >= 11 is 1.33. The fourth-order valence-corrected chi connectivity index (χ4v) is 5.43. The van der Waals surface area contributed by atoms with Gasteiger partial charge in [0.1, 0.15) is 5.01 Å². The summed E-state index contributed by atoms with van der Waals surface area (Å²) in [4.78, 5) is 29.2. The standard InChI is InChI=1S/C23H22N2O5S2/c1-3-32(28,29)25-11-10-17-12-18(8-9-20(17)25)21(26)13-30-23(27)19-14-31-22(24-19)16-6-4-15(2)5-7-16/h4-9,12,14H,3,10-11,13H2,1-2H3. The van der Waals surface area contributed by atoms with Crippen molar-refractivity contribution < 1.29 is 22.7 Å². The van der Waals surface area contributed by atoms with Crippen molar-refractivity contribution in [2.75, 3.05) is 23.2 Å². The number of ketones is 1. The Morgan fingerprint density at radius 2 is 1.91 bits per heavy atom. The first kappa shape index (κ1) is 22.2. The highest BCUT2D eigenvalue weighted by Crippen LogP contribution is 2.31. The maximum absolute atomic E-state index is 12.5. The number of aromatic nitrogens is 1. The monoisotopic (exact) mass is 470 g/mol. The summed E-state index contributed by atoms with van der Waals surface area (Å²) in [6, 6.07) is 12.7. The maximum atomic E-state index is 12.5. The number of ether oxygens (including phenoxy) is 1. The quantitative estimate of drug-likeness (QED) is 0.384. The largest absolute Gasteiger partial charge is 0.453 e. The lowest BCUT2D eigenvalue weighted by molar-refractivity contribution is 0.0470. The SMILES string of the molecule is CCS(=O)(=O)N1CCc2cc(C(=O)COC(=O)c3csc(-c4ccc(C)cc4)n3)ccc21. The topological polar surface area (TPSA) is 93.6 Å². The van der Waals surface area contributed by atoms with Crippen LogP contribution in [0.25, 0.3) is 10.6 Å². The number of thiazole rings is 1. The van der Waals surface area contributed by atoms with E-state index in [0.717, 1.165) is 16.7 Å². The van der Waals surface area contributed by atoms with E-state index >= 15 is 0 Å². The number of hydrogen-bond donors (Lipinski definition) is 0. The molecule has 4 rings (SSSR count). The first-order valence-electron chi connectivity index (χ1n) is 10.1. The number of fused-ring (bicyclic) bond motifs is 1. The Bertz CT molecular complexity index is 1280. The molecule has 7 nitrogen and oxygen atoms in total. The molecule has 32 heavy (non-hydrogen) atoms. The van der Waals surface area contributed by atoms with Crippen molar-refractivity contribution in [3.05, 3.63) is 70.2 Å². The number of sulfonamides is 1. The Balaban J connectivity index is 1.40. The van der Waals surface area contributed by atoms with Crippen molar-refractivity contribution in [2.24, 2.45) is 0 Å². The van der Waals surface area contributed by atoms with Crippen molar-refractivity contribution in [2.45, 2.75) is 20.3 Å². The van der Waals surface area contributed by atoms with Gasteiger partial charge in [-0.25, -0.2) is 18.2 Å². The van der Waals surface area contributed by atoms with Crippen LogP contribution in [0.5, 0.6) is 0 Å². The molecule has 0 spiro atoms. The molecule has 0 amide bonds. The van der Waals surface area contributed by atoms with E-state index in [0.29, 0.717) is 29.2 Å². The van der Waals surface area contributed by atoms with Crippen molar-refractivity contribution >= 4 is 38.8 Å². The number of carbonyl (C=O) groups is 2. The summed E-state index contributed by atoms with van der Waals surface area (Å²) in [7, 11) is -3.34. The minimum Gasteiger partial charge on any atom is -0.453 e. The van der Waals surface area contributed by atoms with E-state index < -0.39 is 22.6 Å². The molecular formula is C23H22N2O5S2. The van der Waals surface area contributed by atoms with Crippen LogP contribution in [-0.2, 0) is 21.2 Å². The summed E-state index contributed by atoms with van der Waals surface area (Å²) in [5.74, 6) is -0.994. The highest BCUT2D eigenvalue weighted by molar-refractivity contribution is 7.92. The van der Waals surface area contributed by atoms with E-state index in [2.05, 4.69) is 4.98 Å². The van der Waals surface area contributed by atoms with Crippen LogP contribution < -0.4 is 4.31 Å². The molecule has 2 heterocycles. The van der Waals surface area contributed by atoms with Crippen molar-refractivity contribution in [1.29, 1.82) is 0 Å². The van der Waals surface area contributed by atoms with Crippen molar-refractivity contribution in [3.8, 4) is 10.6 Å². The van der Waals surface area contributed by atoms with E-state index in [1.54, 1.807) is 30.5 Å². The third-order valence-corrected chi connectivity index (χ3v) is 7.97. The van der Waals surface area contributed by atoms with Crippen molar-refractivity contribution in [1.82, 2.24) is 4.98 Å². The van der Waals surface area contributed by atoms with Gasteiger partial charge in [-0.15, -0.1) is 11.3 Å². The fraction of sp³-hybridized carbons (Fsp3) is 0.261. The Labute approximate surface area is 190 Å². The zero-order chi connectivity index (χ0) is 22.9. The summed E-state index contributed by atoms with van der Waals surface area (Å²) in [6.07, 6.45) is 0.538. The predicted octanol–water partition coefficient (Wildman–Crippen LogP) is 3.87. The summed E-state index contributed by atoms with van der Waals surface area (Å²) < 4.78 is 31.0. The third-order valence-electron chi connectivity index (χ3n) is 5.30. The van der Waals surface area contributed by atoms with Gasteiger partial charge in [-0.05, 0) is 44.0 Å². The minimum absolute atomic E-state index is 0.0192.